The van der Waals surface area contributed by atoms with E-state index >= 15 is 0 Å². The molecule has 2 aromatic rings. The normalized spacial score (nSPS) is 15.4. The number of pyridine rings is 1. The number of carbonyl (C=O) groups excluding carboxylic acids is 1. The van der Waals surface area contributed by atoms with E-state index in [0.29, 0.717) is 10.9 Å². The SMILES string of the molecule is Cn1c(=O)c(C(=O)/C=C/N2CCCCC2)c(O)c2ccccc21. The van der Waals surface area contributed by atoms with E-state index in [1.807, 2.05) is 0 Å². The third-order valence-corrected chi connectivity index (χ3v) is 4.35. The molecule has 0 bridgehead atoms. The Bertz CT molecular complexity index is 830. The minimum absolute atomic E-state index is 0.167. The van der Waals surface area contributed by atoms with E-state index in [2.05, 4.69) is 4.90 Å². The first kappa shape index (κ1) is 15.3. The summed E-state index contributed by atoms with van der Waals surface area (Å²) in [5, 5.41) is 10.9. The van der Waals surface area contributed by atoms with Gasteiger partial charge in [0.2, 0.25) is 0 Å². The molecule has 1 saturated heterocycles. The molecular weight excluding hydrogens is 292 g/mol. The highest BCUT2D eigenvalue weighted by Crippen LogP contribution is 2.26. The van der Waals surface area contributed by atoms with Crippen LogP contribution in [0.25, 0.3) is 10.9 Å². The van der Waals surface area contributed by atoms with E-state index in [4.69, 9.17) is 0 Å². The van der Waals surface area contributed by atoms with Crippen molar-refractivity contribution in [2.75, 3.05) is 13.1 Å². The molecule has 0 radical (unpaired) electrons. The minimum Gasteiger partial charge on any atom is -0.506 e. The Kier molecular flexibility index (Phi) is 4.19. The summed E-state index contributed by atoms with van der Waals surface area (Å²) in [6, 6.07) is 7.01. The van der Waals surface area contributed by atoms with Gasteiger partial charge in [0.25, 0.3) is 5.56 Å². The van der Waals surface area contributed by atoms with Crippen molar-refractivity contribution in [3.63, 3.8) is 0 Å². The Balaban J connectivity index is 2.00. The van der Waals surface area contributed by atoms with Crippen LogP contribution in [0, 0.1) is 0 Å². The van der Waals surface area contributed by atoms with E-state index in [9.17, 15) is 14.7 Å². The number of allylic oxidation sites excluding steroid dienone is 1. The summed E-state index contributed by atoms with van der Waals surface area (Å²) in [6.07, 6.45) is 6.56. The Morgan fingerprint density at radius 1 is 1.17 bits per heavy atom. The smallest absolute Gasteiger partial charge is 0.265 e. The summed E-state index contributed by atoms with van der Waals surface area (Å²) in [7, 11) is 1.61. The molecule has 1 aliphatic heterocycles. The van der Waals surface area contributed by atoms with Gasteiger partial charge in [-0.15, -0.1) is 0 Å². The van der Waals surface area contributed by atoms with Gasteiger partial charge in [-0.2, -0.15) is 0 Å². The van der Waals surface area contributed by atoms with Gasteiger partial charge >= 0.3 is 0 Å². The summed E-state index contributed by atoms with van der Waals surface area (Å²) in [5.74, 6) is -0.698. The van der Waals surface area contributed by atoms with Crippen LogP contribution in [0.2, 0.25) is 0 Å². The second kappa shape index (κ2) is 6.28. The fraction of sp³-hybridized carbons (Fsp3) is 0.333. The van der Waals surface area contributed by atoms with Gasteiger partial charge in [0, 0.05) is 37.8 Å². The first-order chi connectivity index (χ1) is 11.1. The zero-order valence-electron chi connectivity index (χ0n) is 13.2. The second-order valence-electron chi connectivity index (χ2n) is 5.88. The third-order valence-electron chi connectivity index (χ3n) is 4.35. The highest BCUT2D eigenvalue weighted by molar-refractivity contribution is 6.09. The highest BCUT2D eigenvalue weighted by atomic mass is 16.3. The van der Waals surface area contributed by atoms with Crippen molar-refractivity contribution in [1.82, 2.24) is 9.47 Å². The van der Waals surface area contributed by atoms with Crippen LogP contribution in [-0.4, -0.2) is 33.4 Å². The molecule has 1 aliphatic rings. The molecule has 0 amide bonds. The Morgan fingerprint density at radius 2 is 1.87 bits per heavy atom. The second-order valence-corrected chi connectivity index (χ2v) is 5.88. The molecule has 5 heteroatoms. The predicted molar refractivity (Wildman–Crippen MR) is 89.7 cm³/mol. The fourth-order valence-corrected chi connectivity index (χ4v) is 3.03. The maximum absolute atomic E-state index is 12.4. The van der Waals surface area contributed by atoms with Crippen LogP contribution in [0.15, 0.2) is 41.3 Å². The maximum atomic E-state index is 12.4. The minimum atomic E-state index is -0.477. The lowest BCUT2D eigenvalue weighted by Crippen LogP contribution is -2.26. The summed E-state index contributed by atoms with van der Waals surface area (Å²) in [6.45, 7) is 1.84. The van der Waals surface area contributed by atoms with E-state index < -0.39 is 11.3 Å². The maximum Gasteiger partial charge on any atom is 0.265 e. The van der Waals surface area contributed by atoms with Crippen molar-refractivity contribution >= 4 is 16.7 Å². The zero-order chi connectivity index (χ0) is 16.4. The van der Waals surface area contributed by atoms with Crippen LogP contribution >= 0.6 is 0 Å². The van der Waals surface area contributed by atoms with Gasteiger partial charge in [0.15, 0.2) is 5.78 Å². The summed E-state index contributed by atoms with van der Waals surface area (Å²) < 4.78 is 1.40. The number of fused-ring (bicyclic) bond motifs is 1. The van der Waals surface area contributed by atoms with Gasteiger partial charge in [-0.1, -0.05) is 12.1 Å². The number of aromatic nitrogens is 1. The largest absolute Gasteiger partial charge is 0.506 e. The van der Waals surface area contributed by atoms with Crippen LogP contribution in [0.5, 0.6) is 5.75 Å². The molecule has 1 fully saturated rings. The third kappa shape index (κ3) is 2.86. The molecule has 0 spiro atoms. The standard InChI is InChI=1S/C18H20N2O3/c1-19-14-8-4-3-7-13(14)17(22)16(18(19)23)15(21)9-12-20-10-5-2-6-11-20/h3-4,7-9,12,22H,2,5-6,10-11H2,1H3/b12-9+. The van der Waals surface area contributed by atoms with Crippen LogP contribution in [0.3, 0.4) is 0 Å². The number of hydrogen-bond acceptors (Lipinski definition) is 4. The molecule has 0 unspecified atom stereocenters. The van der Waals surface area contributed by atoms with Gasteiger partial charge in [0.05, 0.1) is 5.52 Å². The molecule has 5 nitrogen and oxygen atoms in total. The first-order valence-corrected chi connectivity index (χ1v) is 7.87. The molecule has 0 atom stereocenters. The first-order valence-electron chi connectivity index (χ1n) is 7.87. The summed E-state index contributed by atoms with van der Waals surface area (Å²) in [5.41, 5.74) is -0.0412. The average Bonchev–Trinajstić information content (AvgIpc) is 2.59. The lowest BCUT2D eigenvalue weighted by atomic mass is 10.1. The van der Waals surface area contributed by atoms with E-state index in [-0.39, 0.29) is 11.3 Å². The Morgan fingerprint density at radius 3 is 2.61 bits per heavy atom. The van der Waals surface area contributed by atoms with Crippen molar-refractivity contribution in [3.8, 4) is 5.75 Å². The van der Waals surface area contributed by atoms with Gasteiger partial charge in [-0.25, -0.2) is 0 Å². The number of benzene rings is 1. The number of carbonyl (C=O) groups is 1. The Labute approximate surface area is 134 Å². The molecule has 23 heavy (non-hydrogen) atoms. The quantitative estimate of drug-likeness (QED) is 0.698. The number of likely N-dealkylation sites (tertiary alicyclic amines) is 1. The number of nitrogens with zero attached hydrogens (tertiary/aromatic N) is 2. The van der Waals surface area contributed by atoms with Crippen molar-refractivity contribution in [1.29, 1.82) is 0 Å². The number of hydrogen-bond donors (Lipinski definition) is 1. The van der Waals surface area contributed by atoms with Gasteiger partial charge < -0.3 is 14.6 Å². The highest BCUT2D eigenvalue weighted by Gasteiger charge is 2.19. The molecule has 1 N–H and O–H groups in total. The molecule has 0 aliphatic carbocycles. The number of aromatic hydroxyl groups is 1. The van der Waals surface area contributed by atoms with Gasteiger partial charge in [0.1, 0.15) is 11.3 Å². The van der Waals surface area contributed by atoms with Gasteiger partial charge in [-0.3, -0.25) is 9.59 Å². The fourth-order valence-electron chi connectivity index (χ4n) is 3.03. The van der Waals surface area contributed by atoms with Crippen molar-refractivity contribution < 1.29 is 9.90 Å². The molecule has 1 aromatic heterocycles. The zero-order valence-corrected chi connectivity index (χ0v) is 13.2. The molecule has 1 aromatic carbocycles. The van der Waals surface area contributed by atoms with Crippen molar-refractivity contribution in [3.05, 3.63) is 52.5 Å². The molecule has 3 rings (SSSR count). The topological polar surface area (TPSA) is 62.5 Å². The molecule has 0 saturated carbocycles. The number of rotatable bonds is 3. The van der Waals surface area contributed by atoms with E-state index in [1.54, 1.807) is 37.5 Å². The summed E-state index contributed by atoms with van der Waals surface area (Å²) >= 11 is 0. The lowest BCUT2D eigenvalue weighted by molar-refractivity contribution is 0.104. The Hall–Kier alpha value is -2.56. The van der Waals surface area contributed by atoms with Crippen LogP contribution < -0.4 is 5.56 Å². The number of piperidine rings is 1. The van der Waals surface area contributed by atoms with Crippen LogP contribution in [-0.2, 0) is 7.05 Å². The molecule has 2 heterocycles. The average molecular weight is 312 g/mol. The number of para-hydroxylation sites is 1. The number of aryl methyl sites for hydroxylation is 1. The van der Waals surface area contributed by atoms with Crippen molar-refractivity contribution in [2.45, 2.75) is 19.3 Å². The lowest BCUT2D eigenvalue weighted by Gasteiger charge is -2.24. The van der Waals surface area contributed by atoms with E-state index in [0.717, 1.165) is 25.9 Å². The van der Waals surface area contributed by atoms with Crippen molar-refractivity contribution in [2.24, 2.45) is 7.05 Å². The molecule has 120 valence electrons. The predicted octanol–water partition coefficient (Wildman–Crippen LogP) is 2.43. The van der Waals surface area contributed by atoms with Crippen LogP contribution in [0.4, 0.5) is 0 Å². The van der Waals surface area contributed by atoms with Gasteiger partial charge in [-0.05, 0) is 31.4 Å². The summed E-state index contributed by atoms with van der Waals surface area (Å²) in [4.78, 5) is 26.9. The van der Waals surface area contributed by atoms with E-state index in [1.165, 1.54) is 17.1 Å². The van der Waals surface area contributed by atoms with Crippen LogP contribution in [0.1, 0.15) is 29.6 Å². The number of ketones is 1. The molecular formula is C18H20N2O3. The monoisotopic (exact) mass is 312 g/mol.